The monoisotopic (exact) mass is 499 g/mol. The third kappa shape index (κ3) is 5.19. The molecular formula is C23H21N3O4S3. The van der Waals surface area contributed by atoms with E-state index in [4.69, 9.17) is 21.8 Å². The molecule has 0 aliphatic carbocycles. The predicted molar refractivity (Wildman–Crippen MR) is 135 cm³/mol. The molecule has 1 aromatic heterocycles. The summed E-state index contributed by atoms with van der Waals surface area (Å²) in [5.74, 6) is 0.868. The van der Waals surface area contributed by atoms with Crippen LogP contribution in [0.2, 0.25) is 0 Å². The minimum Gasteiger partial charge on any atom is -0.457 e. The number of nitrogens with zero attached hydrogens (tertiary/aromatic N) is 2. The summed E-state index contributed by atoms with van der Waals surface area (Å²) in [6.45, 7) is 0.398. The molecule has 0 unspecified atom stereocenters. The van der Waals surface area contributed by atoms with Crippen LogP contribution < -0.4 is 10.0 Å². The first-order chi connectivity index (χ1) is 15.6. The van der Waals surface area contributed by atoms with E-state index in [2.05, 4.69) is 0 Å². The Balaban J connectivity index is 1.49. The van der Waals surface area contributed by atoms with Gasteiger partial charge in [0.25, 0.3) is 5.91 Å². The molecule has 0 spiro atoms. The lowest BCUT2D eigenvalue weighted by molar-refractivity contribution is -0.122. The van der Waals surface area contributed by atoms with Crippen molar-refractivity contribution >= 4 is 56.0 Å². The zero-order valence-electron chi connectivity index (χ0n) is 17.9. The van der Waals surface area contributed by atoms with Crippen LogP contribution in [0.3, 0.4) is 0 Å². The lowest BCUT2D eigenvalue weighted by atomic mass is 10.2. The number of carbonyl (C=O) groups excluding carboxylic acids is 1. The van der Waals surface area contributed by atoms with E-state index >= 15 is 0 Å². The lowest BCUT2D eigenvalue weighted by Crippen LogP contribution is -2.27. The van der Waals surface area contributed by atoms with Gasteiger partial charge in [-0.05, 0) is 54.1 Å². The second-order valence-corrected chi connectivity index (χ2v) is 10.8. The topological polar surface area (TPSA) is 96.9 Å². The molecule has 1 saturated heterocycles. The van der Waals surface area contributed by atoms with Crippen molar-refractivity contribution in [2.75, 3.05) is 19.0 Å². The maximum atomic E-state index is 12.9. The molecule has 2 aromatic carbocycles. The van der Waals surface area contributed by atoms with Gasteiger partial charge < -0.3 is 9.32 Å². The molecule has 33 heavy (non-hydrogen) atoms. The Labute approximate surface area is 201 Å². The zero-order chi connectivity index (χ0) is 23.8. The fourth-order valence-electron chi connectivity index (χ4n) is 3.24. The summed E-state index contributed by atoms with van der Waals surface area (Å²) in [6, 6.07) is 17.5. The van der Waals surface area contributed by atoms with Gasteiger partial charge in [0, 0.05) is 31.4 Å². The Bertz CT molecular complexity index is 1340. The predicted octanol–water partition coefficient (Wildman–Crippen LogP) is 4.06. The summed E-state index contributed by atoms with van der Waals surface area (Å²) >= 11 is 6.66. The Kier molecular flexibility index (Phi) is 6.44. The van der Waals surface area contributed by atoms with E-state index < -0.39 is 10.0 Å². The summed E-state index contributed by atoms with van der Waals surface area (Å²) in [4.78, 5) is 17.0. The van der Waals surface area contributed by atoms with Crippen LogP contribution in [-0.4, -0.2) is 37.6 Å². The average molecular weight is 500 g/mol. The van der Waals surface area contributed by atoms with E-state index in [0.29, 0.717) is 32.9 Å². The molecule has 7 nitrogen and oxygen atoms in total. The Morgan fingerprint density at radius 2 is 1.73 bits per heavy atom. The SMILES string of the molecule is CN(C)c1ccc(CN2C(=O)/C(=C/c3ccc(-c4ccc(S(N)(=O)=O)cc4)o3)SC2=S)cc1. The van der Waals surface area contributed by atoms with E-state index in [1.165, 1.54) is 23.9 Å². The number of benzene rings is 2. The van der Waals surface area contributed by atoms with E-state index in [0.717, 1.165) is 11.3 Å². The highest BCUT2D eigenvalue weighted by atomic mass is 32.2. The van der Waals surface area contributed by atoms with Crippen LogP contribution in [-0.2, 0) is 21.4 Å². The molecule has 0 atom stereocenters. The van der Waals surface area contributed by atoms with Gasteiger partial charge in [-0.25, -0.2) is 13.6 Å². The molecule has 1 aliphatic rings. The highest BCUT2D eigenvalue weighted by molar-refractivity contribution is 8.26. The van der Waals surface area contributed by atoms with E-state index in [1.54, 1.807) is 35.2 Å². The zero-order valence-corrected chi connectivity index (χ0v) is 20.3. The minimum atomic E-state index is -3.76. The molecule has 2 N–H and O–H groups in total. The number of sulfonamides is 1. The van der Waals surface area contributed by atoms with Crippen molar-refractivity contribution in [3.8, 4) is 11.3 Å². The second kappa shape index (κ2) is 9.14. The maximum Gasteiger partial charge on any atom is 0.266 e. The summed E-state index contributed by atoms with van der Waals surface area (Å²) in [5, 5.41) is 5.13. The molecule has 4 rings (SSSR count). The van der Waals surface area contributed by atoms with Gasteiger partial charge in [0.05, 0.1) is 16.3 Å². The maximum absolute atomic E-state index is 12.9. The summed E-state index contributed by atoms with van der Waals surface area (Å²) in [5.41, 5.74) is 2.76. The normalized spacial score (nSPS) is 15.5. The molecule has 1 amide bonds. The van der Waals surface area contributed by atoms with Crippen LogP contribution in [0.25, 0.3) is 17.4 Å². The van der Waals surface area contributed by atoms with Gasteiger partial charge in [0.1, 0.15) is 15.8 Å². The molecule has 2 heterocycles. The third-order valence-corrected chi connectivity index (χ3v) is 7.34. The highest BCUT2D eigenvalue weighted by Gasteiger charge is 2.32. The third-order valence-electron chi connectivity index (χ3n) is 5.03. The first kappa shape index (κ1) is 23.2. The smallest absolute Gasteiger partial charge is 0.266 e. The molecule has 0 bridgehead atoms. The minimum absolute atomic E-state index is 0.0260. The summed E-state index contributed by atoms with van der Waals surface area (Å²) < 4.78 is 29.2. The van der Waals surface area contributed by atoms with Gasteiger partial charge >= 0.3 is 0 Å². The van der Waals surface area contributed by atoms with Crippen LogP contribution in [0.15, 0.2) is 74.9 Å². The first-order valence-corrected chi connectivity index (χ1v) is 12.6. The van der Waals surface area contributed by atoms with Crippen molar-refractivity contribution in [2.24, 2.45) is 5.14 Å². The summed E-state index contributed by atoms with van der Waals surface area (Å²) in [6.07, 6.45) is 1.66. The Hall–Kier alpha value is -2.92. The number of thiocarbonyl (C=S) groups is 1. The second-order valence-electron chi connectivity index (χ2n) is 7.60. The number of furan rings is 1. The fourth-order valence-corrected chi connectivity index (χ4v) is 4.99. The van der Waals surface area contributed by atoms with Gasteiger partial charge in [0.2, 0.25) is 10.0 Å². The van der Waals surface area contributed by atoms with Crippen molar-refractivity contribution in [2.45, 2.75) is 11.4 Å². The van der Waals surface area contributed by atoms with Crippen LogP contribution in [0.1, 0.15) is 11.3 Å². The van der Waals surface area contributed by atoms with Crippen molar-refractivity contribution in [1.29, 1.82) is 0 Å². The van der Waals surface area contributed by atoms with Gasteiger partial charge in [-0.15, -0.1) is 0 Å². The van der Waals surface area contributed by atoms with Gasteiger partial charge in [-0.2, -0.15) is 0 Å². The summed E-state index contributed by atoms with van der Waals surface area (Å²) in [7, 11) is 0.190. The number of anilines is 1. The average Bonchev–Trinajstić information content (AvgIpc) is 3.34. The number of amides is 1. The van der Waals surface area contributed by atoms with Crippen molar-refractivity contribution in [1.82, 2.24) is 4.90 Å². The molecule has 1 aliphatic heterocycles. The standard InChI is InChI=1S/C23H21N3O4S3/c1-25(2)17-7-3-15(4-8-17)14-26-22(27)21(32-23(26)31)13-18-9-12-20(30-18)16-5-10-19(11-6-16)33(24,28)29/h3-13H,14H2,1-2H3,(H2,24,28,29)/b21-13-. The number of hydrogen-bond acceptors (Lipinski definition) is 7. The largest absolute Gasteiger partial charge is 0.457 e. The van der Waals surface area contributed by atoms with Gasteiger partial charge in [-0.3, -0.25) is 9.69 Å². The number of thioether (sulfide) groups is 1. The van der Waals surface area contributed by atoms with Crippen LogP contribution in [0.5, 0.6) is 0 Å². The first-order valence-electron chi connectivity index (χ1n) is 9.86. The number of hydrogen-bond donors (Lipinski definition) is 1. The quantitative estimate of drug-likeness (QED) is 0.403. The molecule has 10 heteroatoms. The molecule has 0 saturated carbocycles. The molecule has 0 radical (unpaired) electrons. The van der Waals surface area contributed by atoms with Crippen LogP contribution in [0, 0.1) is 0 Å². The Morgan fingerprint density at radius 3 is 2.33 bits per heavy atom. The fraction of sp³-hybridized carbons (Fsp3) is 0.130. The number of nitrogens with two attached hydrogens (primary N) is 1. The van der Waals surface area contributed by atoms with Gasteiger partial charge in [-0.1, -0.05) is 36.1 Å². The number of carbonyl (C=O) groups is 1. The van der Waals surface area contributed by atoms with Crippen molar-refractivity contribution in [3.05, 3.63) is 76.9 Å². The van der Waals surface area contributed by atoms with Crippen LogP contribution in [0.4, 0.5) is 5.69 Å². The number of primary sulfonamides is 1. The van der Waals surface area contributed by atoms with Gasteiger partial charge in [0.15, 0.2) is 0 Å². The van der Waals surface area contributed by atoms with Crippen molar-refractivity contribution < 1.29 is 17.6 Å². The highest BCUT2D eigenvalue weighted by Crippen LogP contribution is 2.34. The molecule has 170 valence electrons. The van der Waals surface area contributed by atoms with Crippen molar-refractivity contribution in [3.63, 3.8) is 0 Å². The van der Waals surface area contributed by atoms with E-state index in [9.17, 15) is 13.2 Å². The number of rotatable bonds is 6. The molecule has 1 fully saturated rings. The Morgan fingerprint density at radius 1 is 1.06 bits per heavy atom. The molecular weight excluding hydrogens is 478 g/mol. The van der Waals surface area contributed by atoms with E-state index in [1.807, 2.05) is 43.3 Å². The molecule has 3 aromatic rings. The van der Waals surface area contributed by atoms with E-state index in [-0.39, 0.29) is 10.8 Å². The lowest BCUT2D eigenvalue weighted by Gasteiger charge is -2.16. The van der Waals surface area contributed by atoms with Crippen LogP contribution >= 0.6 is 24.0 Å².